The molecule has 0 unspecified atom stereocenters. The summed E-state index contributed by atoms with van der Waals surface area (Å²) in [5.41, 5.74) is 5.83. The van der Waals surface area contributed by atoms with Crippen LogP contribution in [0.4, 0.5) is 10.1 Å². The normalized spacial score (nSPS) is 10.1. The molecule has 5 nitrogen and oxygen atoms in total. The van der Waals surface area contributed by atoms with Crippen molar-refractivity contribution in [1.29, 1.82) is 0 Å². The SMILES string of the molecule is CCCNC(=O)CN(C)C(=O)c1ccc(F)cc1N. The first-order valence-electron chi connectivity index (χ1n) is 6.03. The van der Waals surface area contributed by atoms with Gasteiger partial charge < -0.3 is 16.0 Å². The smallest absolute Gasteiger partial charge is 0.256 e. The van der Waals surface area contributed by atoms with E-state index in [0.29, 0.717) is 6.54 Å². The number of rotatable bonds is 5. The van der Waals surface area contributed by atoms with Gasteiger partial charge in [0.25, 0.3) is 5.91 Å². The summed E-state index contributed by atoms with van der Waals surface area (Å²) in [5, 5.41) is 2.67. The van der Waals surface area contributed by atoms with Gasteiger partial charge in [-0.3, -0.25) is 9.59 Å². The first-order valence-corrected chi connectivity index (χ1v) is 6.03. The number of nitrogens with two attached hydrogens (primary N) is 1. The molecule has 0 saturated heterocycles. The van der Waals surface area contributed by atoms with Gasteiger partial charge in [0.05, 0.1) is 12.1 Å². The van der Waals surface area contributed by atoms with E-state index in [0.717, 1.165) is 18.6 Å². The molecule has 0 aliphatic rings. The third kappa shape index (κ3) is 4.24. The van der Waals surface area contributed by atoms with Crippen LogP contribution in [0.2, 0.25) is 0 Å². The molecule has 1 aromatic rings. The summed E-state index contributed by atoms with van der Waals surface area (Å²) in [6, 6.07) is 3.56. The van der Waals surface area contributed by atoms with Crippen molar-refractivity contribution < 1.29 is 14.0 Å². The Labute approximate surface area is 111 Å². The van der Waals surface area contributed by atoms with Gasteiger partial charge in [0, 0.05) is 19.3 Å². The van der Waals surface area contributed by atoms with Gasteiger partial charge in [0.2, 0.25) is 5.91 Å². The average Bonchev–Trinajstić information content (AvgIpc) is 2.35. The molecule has 0 fully saturated rings. The van der Waals surface area contributed by atoms with Crippen molar-refractivity contribution in [2.75, 3.05) is 25.9 Å². The topological polar surface area (TPSA) is 75.4 Å². The van der Waals surface area contributed by atoms with Gasteiger partial charge in [-0.1, -0.05) is 6.92 Å². The summed E-state index contributed by atoms with van der Waals surface area (Å²) in [5.74, 6) is -1.15. The van der Waals surface area contributed by atoms with Crippen LogP contribution in [0.1, 0.15) is 23.7 Å². The fourth-order valence-electron chi connectivity index (χ4n) is 1.54. The Morgan fingerprint density at radius 1 is 1.42 bits per heavy atom. The van der Waals surface area contributed by atoms with Crippen molar-refractivity contribution in [2.45, 2.75) is 13.3 Å². The zero-order valence-corrected chi connectivity index (χ0v) is 11.1. The highest BCUT2D eigenvalue weighted by Gasteiger charge is 2.17. The van der Waals surface area contributed by atoms with Crippen molar-refractivity contribution in [3.63, 3.8) is 0 Å². The third-order valence-electron chi connectivity index (χ3n) is 2.54. The van der Waals surface area contributed by atoms with Gasteiger partial charge in [-0.05, 0) is 24.6 Å². The maximum absolute atomic E-state index is 12.9. The zero-order chi connectivity index (χ0) is 14.4. The first-order chi connectivity index (χ1) is 8.95. The Hall–Kier alpha value is -2.11. The Bertz CT molecular complexity index is 477. The van der Waals surface area contributed by atoms with Crippen LogP contribution in [-0.4, -0.2) is 36.9 Å². The lowest BCUT2D eigenvalue weighted by atomic mass is 10.1. The van der Waals surface area contributed by atoms with Crippen LogP contribution in [0, 0.1) is 5.82 Å². The molecule has 6 heteroatoms. The summed E-state index contributed by atoms with van der Waals surface area (Å²) >= 11 is 0. The number of nitrogens with zero attached hydrogens (tertiary/aromatic N) is 1. The molecule has 104 valence electrons. The quantitative estimate of drug-likeness (QED) is 0.782. The van der Waals surface area contributed by atoms with Gasteiger partial charge in [-0.25, -0.2) is 4.39 Å². The van der Waals surface area contributed by atoms with E-state index in [2.05, 4.69) is 5.32 Å². The van der Waals surface area contributed by atoms with Gasteiger partial charge >= 0.3 is 0 Å². The molecule has 0 heterocycles. The van der Waals surface area contributed by atoms with Crippen molar-refractivity contribution in [1.82, 2.24) is 10.2 Å². The maximum Gasteiger partial charge on any atom is 0.256 e. The molecule has 1 aromatic carbocycles. The molecule has 0 aromatic heterocycles. The highest BCUT2D eigenvalue weighted by atomic mass is 19.1. The zero-order valence-electron chi connectivity index (χ0n) is 11.1. The summed E-state index contributed by atoms with van der Waals surface area (Å²) in [6.45, 7) is 2.45. The number of amides is 2. The van der Waals surface area contributed by atoms with E-state index in [1.165, 1.54) is 18.0 Å². The van der Waals surface area contributed by atoms with Crippen LogP contribution in [0.3, 0.4) is 0 Å². The minimum atomic E-state index is -0.502. The highest BCUT2D eigenvalue weighted by Crippen LogP contribution is 2.15. The lowest BCUT2D eigenvalue weighted by molar-refractivity contribution is -0.121. The number of benzene rings is 1. The first kappa shape index (κ1) is 14.9. The van der Waals surface area contributed by atoms with E-state index in [-0.39, 0.29) is 23.7 Å². The molecule has 0 spiro atoms. The van der Waals surface area contributed by atoms with Crippen molar-refractivity contribution in [3.8, 4) is 0 Å². The Kier molecular flexibility index (Phi) is 5.29. The van der Waals surface area contributed by atoms with Crippen LogP contribution >= 0.6 is 0 Å². The highest BCUT2D eigenvalue weighted by molar-refractivity contribution is 6.00. The second-order valence-electron chi connectivity index (χ2n) is 4.24. The van der Waals surface area contributed by atoms with Crippen LogP contribution in [-0.2, 0) is 4.79 Å². The molecule has 0 bridgehead atoms. The summed E-state index contributed by atoms with van der Waals surface area (Å²) in [4.78, 5) is 24.8. The molecular weight excluding hydrogens is 249 g/mol. The Morgan fingerprint density at radius 2 is 2.11 bits per heavy atom. The van der Waals surface area contributed by atoms with E-state index >= 15 is 0 Å². The molecule has 19 heavy (non-hydrogen) atoms. The van der Waals surface area contributed by atoms with Crippen molar-refractivity contribution in [3.05, 3.63) is 29.6 Å². The fourth-order valence-corrected chi connectivity index (χ4v) is 1.54. The Balaban J connectivity index is 2.69. The lowest BCUT2D eigenvalue weighted by Gasteiger charge is -2.17. The number of nitrogen functional groups attached to an aromatic ring is 1. The largest absolute Gasteiger partial charge is 0.398 e. The monoisotopic (exact) mass is 267 g/mol. The van der Waals surface area contributed by atoms with Crippen LogP contribution in [0.5, 0.6) is 0 Å². The summed E-state index contributed by atoms with van der Waals surface area (Å²) < 4.78 is 12.9. The number of carbonyl (C=O) groups is 2. The van der Waals surface area contributed by atoms with E-state index in [1.54, 1.807) is 0 Å². The number of carbonyl (C=O) groups excluding carboxylic acids is 2. The van der Waals surface area contributed by atoms with E-state index in [9.17, 15) is 14.0 Å². The molecule has 0 saturated carbocycles. The number of hydrogen-bond donors (Lipinski definition) is 2. The number of likely N-dealkylation sites (N-methyl/N-ethyl adjacent to an activating group) is 1. The molecule has 2 amide bonds. The number of anilines is 1. The number of nitrogens with one attached hydrogen (secondary N) is 1. The predicted octanol–water partition coefficient (Wildman–Crippen LogP) is 1.01. The van der Waals surface area contributed by atoms with Crippen molar-refractivity contribution >= 4 is 17.5 Å². The van der Waals surface area contributed by atoms with E-state index in [1.807, 2.05) is 6.92 Å². The van der Waals surface area contributed by atoms with Gasteiger partial charge in [0.1, 0.15) is 5.82 Å². The van der Waals surface area contributed by atoms with Crippen LogP contribution < -0.4 is 11.1 Å². The van der Waals surface area contributed by atoms with Gasteiger partial charge in [-0.15, -0.1) is 0 Å². The standard InChI is InChI=1S/C13H18FN3O2/c1-3-6-16-12(18)8-17(2)13(19)10-5-4-9(14)7-11(10)15/h4-5,7H,3,6,8,15H2,1-2H3,(H,16,18). The average molecular weight is 267 g/mol. The van der Waals surface area contributed by atoms with Crippen LogP contribution in [0.15, 0.2) is 18.2 Å². The third-order valence-corrected chi connectivity index (χ3v) is 2.54. The van der Waals surface area contributed by atoms with E-state index < -0.39 is 11.7 Å². The molecule has 0 aliphatic carbocycles. The predicted molar refractivity (Wildman–Crippen MR) is 71.1 cm³/mol. The minimum Gasteiger partial charge on any atom is -0.398 e. The van der Waals surface area contributed by atoms with Gasteiger partial charge in [-0.2, -0.15) is 0 Å². The second-order valence-corrected chi connectivity index (χ2v) is 4.24. The van der Waals surface area contributed by atoms with E-state index in [4.69, 9.17) is 5.73 Å². The van der Waals surface area contributed by atoms with Crippen molar-refractivity contribution in [2.24, 2.45) is 0 Å². The second kappa shape index (κ2) is 6.72. The maximum atomic E-state index is 12.9. The molecule has 0 aliphatic heterocycles. The molecule has 0 radical (unpaired) electrons. The molecular formula is C13H18FN3O2. The van der Waals surface area contributed by atoms with Crippen LogP contribution in [0.25, 0.3) is 0 Å². The minimum absolute atomic E-state index is 0.0599. The molecule has 0 atom stereocenters. The molecule has 1 rings (SSSR count). The Morgan fingerprint density at radius 3 is 2.68 bits per heavy atom. The summed E-state index contributed by atoms with van der Waals surface area (Å²) in [7, 11) is 1.50. The summed E-state index contributed by atoms with van der Waals surface area (Å²) in [6.07, 6.45) is 0.828. The number of hydrogen-bond acceptors (Lipinski definition) is 3. The van der Waals surface area contributed by atoms with Gasteiger partial charge in [0.15, 0.2) is 0 Å². The fraction of sp³-hybridized carbons (Fsp3) is 0.385. The lowest BCUT2D eigenvalue weighted by Crippen LogP contribution is -2.38. The number of halogens is 1. The molecule has 3 N–H and O–H groups in total.